The Morgan fingerprint density at radius 3 is 2.56 bits per heavy atom. The van der Waals surface area contributed by atoms with Crippen LogP contribution in [-0.2, 0) is 12.8 Å². The molecule has 1 aliphatic rings. The van der Waals surface area contributed by atoms with Gasteiger partial charge in [-0.15, -0.1) is 11.3 Å². The van der Waals surface area contributed by atoms with Gasteiger partial charge in [-0.3, -0.25) is 9.89 Å². The number of aliphatic imine (C=N–C) groups is 1. The first-order chi connectivity index (χ1) is 11.8. The average molecular weight is 377 g/mol. The maximum Gasteiger partial charge on any atom is 0.403 e. The molecule has 0 aromatic carbocycles. The molecule has 25 heavy (non-hydrogen) atoms. The third-order valence-corrected chi connectivity index (χ3v) is 5.62. The second-order valence-corrected chi connectivity index (χ2v) is 7.24. The largest absolute Gasteiger partial charge is 0.403 e. The molecule has 0 aliphatic carbocycles. The van der Waals surface area contributed by atoms with Gasteiger partial charge in [0.15, 0.2) is 5.96 Å². The minimum atomic E-state index is -4.17. The van der Waals surface area contributed by atoms with E-state index in [9.17, 15) is 13.2 Å². The molecule has 0 bridgehead atoms. The topological polar surface area (TPSA) is 43.8 Å². The van der Waals surface area contributed by atoms with Gasteiger partial charge in [-0.05, 0) is 13.3 Å². The maximum absolute atomic E-state index is 12.8. The van der Waals surface area contributed by atoms with Gasteiger partial charge in [0.1, 0.15) is 6.04 Å². The van der Waals surface area contributed by atoms with Crippen LogP contribution in [0, 0.1) is 0 Å². The third kappa shape index (κ3) is 5.57. The molecular weight excluding hydrogens is 351 g/mol. The standard InChI is InChI=1S/C16H26F3N5S/c1-4-13-11-22-14(25-13)5-6-21-15(20-3)24-9-7-23(8-10-24)12(2)16(17,18)19/h11-12H,4-10H2,1-3H3,(H,20,21). The van der Waals surface area contributed by atoms with Gasteiger partial charge in [-0.2, -0.15) is 13.2 Å². The van der Waals surface area contributed by atoms with E-state index in [4.69, 9.17) is 0 Å². The predicted molar refractivity (Wildman–Crippen MR) is 95.2 cm³/mol. The van der Waals surface area contributed by atoms with Gasteiger partial charge in [0.05, 0.1) is 5.01 Å². The zero-order chi connectivity index (χ0) is 18.4. The summed E-state index contributed by atoms with van der Waals surface area (Å²) in [6.45, 7) is 5.89. The van der Waals surface area contributed by atoms with Crippen LogP contribution in [0.2, 0.25) is 0 Å². The molecule has 0 spiro atoms. The van der Waals surface area contributed by atoms with Gasteiger partial charge in [0.25, 0.3) is 0 Å². The first-order valence-electron chi connectivity index (χ1n) is 8.55. The van der Waals surface area contributed by atoms with Crippen LogP contribution in [0.5, 0.6) is 0 Å². The summed E-state index contributed by atoms with van der Waals surface area (Å²) in [7, 11) is 1.70. The van der Waals surface area contributed by atoms with Crippen LogP contribution in [0.4, 0.5) is 13.2 Å². The second kappa shape index (κ2) is 8.84. The number of aromatic nitrogens is 1. The number of aryl methyl sites for hydroxylation is 1. The van der Waals surface area contributed by atoms with E-state index in [1.807, 2.05) is 11.1 Å². The molecule has 1 saturated heterocycles. The summed E-state index contributed by atoms with van der Waals surface area (Å²) in [6.07, 6.45) is -0.453. The number of nitrogens with zero attached hydrogens (tertiary/aromatic N) is 4. The Morgan fingerprint density at radius 1 is 1.36 bits per heavy atom. The van der Waals surface area contributed by atoms with Crippen LogP contribution in [0.25, 0.3) is 0 Å². The molecule has 0 amide bonds. The quantitative estimate of drug-likeness (QED) is 0.632. The van der Waals surface area contributed by atoms with Gasteiger partial charge < -0.3 is 10.2 Å². The maximum atomic E-state index is 12.8. The molecule has 142 valence electrons. The first-order valence-corrected chi connectivity index (χ1v) is 9.36. The number of thiazole rings is 1. The van der Waals surface area contributed by atoms with Crippen LogP contribution in [0.3, 0.4) is 0 Å². The smallest absolute Gasteiger partial charge is 0.356 e. The Morgan fingerprint density at radius 2 is 2.04 bits per heavy atom. The highest BCUT2D eigenvalue weighted by molar-refractivity contribution is 7.11. The van der Waals surface area contributed by atoms with E-state index in [0.717, 1.165) is 23.8 Å². The first kappa shape index (κ1) is 20.0. The number of piperazine rings is 1. The van der Waals surface area contributed by atoms with E-state index in [-0.39, 0.29) is 0 Å². The molecule has 1 atom stereocenters. The summed E-state index contributed by atoms with van der Waals surface area (Å²) in [5.74, 6) is 0.742. The summed E-state index contributed by atoms with van der Waals surface area (Å²) in [5, 5.41) is 4.38. The lowest BCUT2D eigenvalue weighted by atomic mass is 10.2. The normalized spacial score (nSPS) is 18.5. The van der Waals surface area contributed by atoms with Crippen molar-refractivity contribution in [3.05, 3.63) is 16.1 Å². The van der Waals surface area contributed by atoms with E-state index < -0.39 is 12.2 Å². The molecule has 1 aliphatic heterocycles. The van der Waals surface area contributed by atoms with Crippen molar-refractivity contribution in [2.75, 3.05) is 39.8 Å². The van der Waals surface area contributed by atoms with Gasteiger partial charge >= 0.3 is 6.18 Å². The van der Waals surface area contributed by atoms with E-state index in [0.29, 0.717) is 32.7 Å². The molecule has 1 unspecified atom stereocenters. The fourth-order valence-corrected chi connectivity index (χ4v) is 3.63. The highest BCUT2D eigenvalue weighted by Crippen LogP contribution is 2.25. The molecule has 1 N–H and O–H groups in total. The third-order valence-electron chi connectivity index (χ3n) is 4.42. The van der Waals surface area contributed by atoms with Crippen molar-refractivity contribution < 1.29 is 13.2 Å². The highest BCUT2D eigenvalue weighted by Gasteiger charge is 2.41. The number of alkyl halides is 3. The summed E-state index contributed by atoms with van der Waals surface area (Å²) in [5.41, 5.74) is 0. The van der Waals surface area contributed by atoms with Crippen LogP contribution < -0.4 is 5.32 Å². The Kier molecular flexibility index (Phi) is 7.06. The number of rotatable bonds is 5. The molecular formula is C16H26F3N5S. The van der Waals surface area contributed by atoms with Crippen molar-refractivity contribution in [1.29, 1.82) is 0 Å². The van der Waals surface area contributed by atoms with Crippen LogP contribution in [-0.4, -0.2) is 72.7 Å². The van der Waals surface area contributed by atoms with Crippen molar-refractivity contribution in [2.45, 2.75) is 38.9 Å². The van der Waals surface area contributed by atoms with Gasteiger partial charge in [0, 0.05) is 57.3 Å². The summed E-state index contributed by atoms with van der Waals surface area (Å²) < 4.78 is 38.4. The molecule has 2 heterocycles. The lowest BCUT2D eigenvalue weighted by Gasteiger charge is -2.39. The zero-order valence-corrected chi connectivity index (χ0v) is 15.8. The van der Waals surface area contributed by atoms with Crippen LogP contribution >= 0.6 is 11.3 Å². The second-order valence-electron chi connectivity index (χ2n) is 6.04. The Hall–Kier alpha value is -1.35. The summed E-state index contributed by atoms with van der Waals surface area (Å²) in [4.78, 5) is 13.4. The number of guanidine groups is 1. The SMILES string of the molecule is CCc1cnc(CCNC(=NC)N2CCN(C(C)C(F)(F)F)CC2)s1. The predicted octanol–water partition coefficient (Wildman–Crippen LogP) is 2.39. The van der Waals surface area contributed by atoms with Gasteiger partial charge in [-0.1, -0.05) is 6.92 Å². The molecule has 0 saturated carbocycles. The van der Waals surface area contributed by atoms with E-state index in [1.54, 1.807) is 18.4 Å². The van der Waals surface area contributed by atoms with E-state index >= 15 is 0 Å². The molecule has 1 aromatic heterocycles. The average Bonchev–Trinajstić information content (AvgIpc) is 3.05. The van der Waals surface area contributed by atoms with E-state index in [2.05, 4.69) is 22.2 Å². The summed E-state index contributed by atoms with van der Waals surface area (Å²) in [6, 6.07) is -1.40. The molecule has 5 nitrogen and oxygen atoms in total. The van der Waals surface area contributed by atoms with E-state index in [1.165, 1.54) is 16.7 Å². The van der Waals surface area contributed by atoms with Crippen LogP contribution in [0.1, 0.15) is 23.7 Å². The number of hydrogen-bond donors (Lipinski definition) is 1. The van der Waals surface area contributed by atoms with Crippen LogP contribution in [0.15, 0.2) is 11.2 Å². The fourth-order valence-electron chi connectivity index (χ4n) is 2.77. The van der Waals surface area contributed by atoms with Crippen molar-refractivity contribution in [3.8, 4) is 0 Å². The molecule has 2 rings (SSSR count). The molecule has 1 aromatic rings. The minimum absolute atomic E-state index is 0.383. The number of halogens is 3. The Bertz CT molecular complexity index is 564. The molecule has 1 fully saturated rings. The monoisotopic (exact) mass is 377 g/mol. The summed E-state index contributed by atoms with van der Waals surface area (Å²) >= 11 is 1.72. The Labute approximate surface area is 150 Å². The van der Waals surface area contributed by atoms with Crippen molar-refractivity contribution in [1.82, 2.24) is 20.1 Å². The number of hydrogen-bond acceptors (Lipinski definition) is 4. The molecule has 9 heteroatoms. The highest BCUT2D eigenvalue weighted by atomic mass is 32.1. The van der Waals surface area contributed by atoms with Crippen molar-refractivity contribution in [3.63, 3.8) is 0 Å². The Balaban J connectivity index is 1.78. The van der Waals surface area contributed by atoms with Crippen molar-refractivity contribution in [2.24, 2.45) is 4.99 Å². The lowest BCUT2D eigenvalue weighted by Crippen LogP contribution is -2.56. The van der Waals surface area contributed by atoms with Gasteiger partial charge in [-0.25, -0.2) is 4.98 Å². The van der Waals surface area contributed by atoms with Crippen molar-refractivity contribution >= 4 is 17.3 Å². The zero-order valence-electron chi connectivity index (χ0n) is 14.9. The van der Waals surface area contributed by atoms with Gasteiger partial charge in [0.2, 0.25) is 0 Å². The fraction of sp³-hybridized carbons (Fsp3) is 0.750. The lowest BCUT2D eigenvalue weighted by molar-refractivity contribution is -0.181. The number of nitrogens with one attached hydrogen (secondary N) is 1. The molecule has 0 radical (unpaired) electrons. The minimum Gasteiger partial charge on any atom is -0.356 e.